The van der Waals surface area contributed by atoms with Crippen molar-refractivity contribution in [1.29, 1.82) is 0 Å². The number of rotatable bonds is 30. The summed E-state index contributed by atoms with van der Waals surface area (Å²) in [6.07, 6.45) is 10.2. The van der Waals surface area contributed by atoms with Gasteiger partial charge in [-0.25, -0.2) is 14.4 Å². The van der Waals surface area contributed by atoms with Crippen molar-refractivity contribution in [2.75, 3.05) is 59.5 Å². The Kier molecular flexibility index (Phi) is 20.7. The average molecular weight is 835 g/mol. The number of carbonyl (C=O) groups is 3. The molecule has 330 valence electrons. The van der Waals surface area contributed by atoms with E-state index in [1.165, 1.54) is 0 Å². The average Bonchev–Trinajstić information content (AvgIpc) is 3.24. The van der Waals surface area contributed by atoms with Crippen molar-refractivity contribution in [3.8, 4) is 34.5 Å². The van der Waals surface area contributed by atoms with E-state index in [1.54, 1.807) is 0 Å². The molecule has 60 heavy (non-hydrogen) atoms. The maximum Gasteiger partial charge on any atom is 0.344 e. The van der Waals surface area contributed by atoms with E-state index in [0.717, 1.165) is 109 Å². The molecule has 4 rings (SSSR count). The topological polar surface area (TPSA) is 134 Å². The summed E-state index contributed by atoms with van der Waals surface area (Å²) in [5, 5.41) is 4.69. The Hall–Kier alpha value is -5.13. The third kappa shape index (κ3) is 14.3. The van der Waals surface area contributed by atoms with Crippen molar-refractivity contribution in [3.63, 3.8) is 0 Å². The molecule has 0 aliphatic carbocycles. The van der Waals surface area contributed by atoms with Crippen LogP contribution in [-0.4, -0.2) is 77.4 Å². The van der Waals surface area contributed by atoms with Crippen LogP contribution in [0.25, 0.3) is 32.3 Å². The largest absolute Gasteiger partial charge is 0.490 e. The highest BCUT2D eigenvalue weighted by Gasteiger charge is 2.22. The van der Waals surface area contributed by atoms with Gasteiger partial charge in [0.05, 0.1) is 39.6 Å². The Morgan fingerprint density at radius 1 is 0.317 bits per heavy atom. The van der Waals surface area contributed by atoms with E-state index in [1.807, 2.05) is 57.2 Å². The van der Waals surface area contributed by atoms with Gasteiger partial charge in [-0.2, -0.15) is 0 Å². The van der Waals surface area contributed by atoms with Crippen molar-refractivity contribution in [2.45, 2.75) is 119 Å². The van der Waals surface area contributed by atoms with E-state index >= 15 is 0 Å². The normalized spacial score (nSPS) is 11.1. The molecule has 0 aromatic heterocycles. The first-order valence-corrected chi connectivity index (χ1v) is 22.1. The van der Waals surface area contributed by atoms with Crippen LogP contribution >= 0.6 is 0 Å². The molecule has 0 atom stereocenters. The lowest BCUT2D eigenvalue weighted by atomic mass is 9.93. The molecule has 0 fully saturated rings. The number of hydrogen-bond donors (Lipinski definition) is 0. The zero-order chi connectivity index (χ0) is 43.1. The number of hydrogen-bond acceptors (Lipinski definition) is 12. The molecular weight excluding hydrogens is 769 g/mol. The van der Waals surface area contributed by atoms with E-state index in [2.05, 4.69) is 20.8 Å². The summed E-state index contributed by atoms with van der Waals surface area (Å²) in [7, 11) is 0. The molecule has 0 bridgehead atoms. The molecule has 12 nitrogen and oxygen atoms in total. The van der Waals surface area contributed by atoms with Crippen LogP contribution in [0.1, 0.15) is 119 Å². The molecule has 0 spiro atoms. The SMILES string of the molecule is CCCCOC(=O)COc1cc2c(cc1OCCCC)c1cc(OCCCC)c(OCC(=O)OCCCC)cc1c1cc(OCC(=O)OCCCC)c(OCCCC)cc21. The Morgan fingerprint density at radius 3 is 0.733 bits per heavy atom. The van der Waals surface area contributed by atoms with Gasteiger partial charge in [-0.15, -0.1) is 0 Å². The van der Waals surface area contributed by atoms with Crippen LogP contribution in [-0.2, 0) is 28.6 Å². The van der Waals surface area contributed by atoms with Crippen molar-refractivity contribution in [3.05, 3.63) is 36.4 Å². The fraction of sp³-hybridized carbons (Fsp3) is 0.562. The lowest BCUT2D eigenvalue weighted by Gasteiger charge is -2.20. The lowest BCUT2D eigenvalue weighted by Crippen LogP contribution is -2.16. The number of esters is 3. The highest BCUT2D eigenvalue weighted by Crippen LogP contribution is 2.47. The number of benzene rings is 4. The minimum Gasteiger partial charge on any atom is -0.490 e. The fourth-order valence-corrected chi connectivity index (χ4v) is 6.20. The van der Waals surface area contributed by atoms with Crippen LogP contribution in [0, 0.1) is 0 Å². The molecule has 12 heteroatoms. The maximum atomic E-state index is 12.7. The van der Waals surface area contributed by atoms with Gasteiger partial charge in [0.25, 0.3) is 0 Å². The molecule has 0 amide bonds. The molecule has 0 saturated heterocycles. The molecular formula is C48H66O12. The van der Waals surface area contributed by atoms with Crippen molar-refractivity contribution < 1.29 is 57.0 Å². The third-order valence-corrected chi connectivity index (χ3v) is 9.71. The summed E-state index contributed by atoms with van der Waals surface area (Å²) in [6.45, 7) is 13.7. The predicted octanol–water partition coefficient (Wildman–Crippen LogP) is 10.8. The second-order valence-corrected chi connectivity index (χ2v) is 14.7. The van der Waals surface area contributed by atoms with Gasteiger partial charge < -0.3 is 42.6 Å². The van der Waals surface area contributed by atoms with Gasteiger partial charge in [-0.1, -0.05) is 80.1 Å². The Morgan fingerprint density at radius 2 is 0.517 bits per heavy atom. The highest BCUT2D eigenvalue weighted by molar-refractivity contribution is 6.27. The monoisotopic (exact) mass is 834 g/mol. The first-order valence-electron chi connectivity index (χ1n) is 22.1. The number of carbonyl (C=O) groups excluding carboxylic acids is 3. The second kappa shape index (κ2) is 26.2. The van der Waals surface area contributed by atoms with Gasteiger partial charge >= 0.3 is 17.9 Å². The van der Waals surface area contributed by atoms with Gasteiger partial charge in [0.2, 0.25) is 0 Å². The van der Waals surface area contributed by atoms with Crippen molar-refractivity contribution >= 4 is 50.2 Å². The maximum absolute atomic E-state index is 12.7. The van der Waals surface area contributed by atoms with Crippen LogP contribution < -0.4 is 28.4 Å². The standard InChI is InChI=1S/C48H66O12/c1-7-13-19-52-40-25-34-35-26-41(53-20-14-8-2)44(59-32-47(50)56-23-17-11-5)29-38(35)39-30-45(60-33-48(51)57-24-18-12-6)42(54-21-15-9-3)27-36(39)37(34)28-43(40)58-31-46(49)55-22-16-10-4/h25-30H,7-24,31-33H2,1-6H3. The summed E-state index contributed by atoms with van der Waals surface area (Å²) in [5.41, 5.74) is 0. The summed E-state index contributed by atoms with van der Waals surface area (Å²) in [6, 6.07) is 11.4. The molecule has 0 unspecified atom stereocenters. The molecule has 0 N–H and O–H groups in total. The Bertz CT molecular complexity index is 1970. The quantitative estimate of drug-likeness (QED) is 0.0214. The smallest absolute Gasteiger partial charge is 0.344 e. The molecule has 0 heterocycles. The number of fused-ring (bicyclic) bond motifs is 6. The summed E-state index contributed by atoms with van der Waals surface area (Å²) in [4.78, 5) is 38.2. The van der Waals surface area contributed by atoms with Gasteiger partial charge in [0, 0.05) is 0 Å². The lowest BCUT2D eigenvalue weighted by molar-refractivity contribution is -0.147. The fourth-order valence-electron chi connectivity index (χ4n) is 6.20. The van der Waals surface area contributed by atoms with E-state index in [9.17, 15) is 14.4 Å². The molecule has 4 aromatic rings. The first-order chi connectivity index (χ1) is 29.3. The highest BCUT2D eigenvalue weighted by atomic mass is 16.6. The molecule has 0 aliphatic heterocycles. The number of ether oxygens (including phenoxy) is 9. The molecule has 0 saturated carbocycles. The van der Waals surface area contributed by atoms with Crippen molar-refractivity contribution in [1.82, 2.24) is 0 Å². The van der Waals surface area contributed by atoms with Gasteiger partial charge in [0.1, 0.15) is 0 Å². The van der Waals surface area contributed by atoms with Gasteiger partial charge in [-0.3, -0.25) is 0 Å². The summed E-state index contributed by atoms with van der Waals surface area (Å²) >= 11 is 0. The molecule has 4 aromatic carbocycles. The third-order valence-electron chi connectivity index (χ3n) is 9.71. The Labute approximate surface area is 355 Å². The summed E-state index contributed by atoms with van der Waals surface area (Å²) in [5.74, 6) is 1.09. The summed E-state index contributed by atoms with van der Waals surface area (Å²) < 4.78 is 53.7. The first kappa shape index (κ1) is 47.5. The van der Waals surface area contributed by atoms with Crippen LogP contribution in [0.2, 0.25) is 0 Å². The van der Waals surface area contributed by atoms with E-state index < -0.39 is 17.9 Å². The molecule has 0 aliphatic rings. The zero-order valence-electron chi connectivity index (χ0n) is 36.7. The van der Waals surface area contributed by atoms with Crippen molar-refractivity contribution in [2.24, 2.45) is 0 Å². The van der Waals surface area contributed by atoms with Crippen LogP contribution in [0.5, 0.6) is 34.5 Å². The van der Waals surface area contributed by atoms with Gasteiger partial charge in [0.15, 0.2) is 54.3 Å². The van der Waals surface area contributed by atoms with Crippen LogP contribution in [0.4, 0.5) is 0 Å². The molecule has 0 radical (unpaired) electrons. The van der Waals surface area contributed by atoms with Gasteiger partial charge in [-0.05, 0) is 107 Å². The van der Waals surface area contributed by atoms with E-state index in [-0.39, 0.29) is 19.8 Å². The minimum absolute atomic E-state index is 0.292. The predicted molar refractivity (Wildman–Crippen MR) is 234 cm³/mol. The van der Waals surface area contributed by atoms with Crippen LogP contribution in [0.15, 0.2) is 36.4 Å². The Balaban J connectivity index is 1.99. The number of unbranched alkanes of at least 4 members (excludes halogenated alkanes) is 6. The zero-order valence-corrected chi connectivity index (χ0v) is 36.7. The van der Waals surface area contributed by atoms with E-state index in [0.29, 0.717) is 74.1 Å². The minimum atomic E-state index is -0.479. The van der Waals surface area contributed by atoms with Crippen LogP contribution in [0.3, 0.4) is 0 Å². The second-order valence-electron chi connectivity index (χ2n) is 14.7. The van der Waals surface area contributed by atoms with E-state index in [4.69, 9.17) is 42.6 Å².